The van der Waals surface area contributed by atoms with Crippen LogP contribution in [0.15, 0.2) is 36.4 Å². The van der Waals surface area contributed by atoms with Crippen LogP contribution in [-0.4, -0.2) is 43.4 Å². The molecule has 0 saturated heterocycles. The Morgan fingerprint density at radius 1 is 1.08 bits per heavy atom. The molecule has 36 heavy (non-hydrogen) atoms. The fraction of sp³-hybridized carbons (Fsp3) is 0.517. The van der Waals surface area contributed by atoms with Crippen molar-refractivity contribution in [1.29, 1.82) is 0 Å². The Bertz CT molecular complexity index is 1100. The Balaban J connectivity index is 1.51. The second-order valence-corrected chi connectivity index (χ2v) is 12.1. The average molecular weight is 534 g/mol. The van der Waals surface area contributed by atoms with Crippen molar-refractivity contribution in [2.24, 2.45) is 10.8 Å². The standard InChI is InChI=1S/C29H38Cl2N2O3/c1-19(34)28(2,3)18-29(4,5)27(35)36-13-7-12-32-22-10-8-20(9-11-22)24-16-33(6)17-25-23(24)14-21(30)15-26(25)31/h8-11,14-15,24,32H,7,12-13,16-18H2,1-6H3. The number of nitrogens with one attached hydrogen (secondary N) is 1. The molecular weight excluding hydrogens is 495 g/mol. The van der Waals surface area contributed by atoms with Crippen LogP contribution in [-0.2, 0) is 20.9 Å². The van der Waals surface area contributed by atoms with E-state index in [2.05, 4.69) is 41.5 Å². The maximum Gasteiger partial charge on any atom is 0.311 e. The highest BCUT2D eigenvalue weighted by Crippen LogP contribution is 2.39. The van der Waals surface area contributed by atoms with Gasteiger partial charge < -0.3 is 15.0 Å². The molecule has 196 valence electrons. The highest BCUT2D eigenvalue weighted by molar-refractivity contribution is 6.35. The minimum Gasteiger partial charge on any atom is -0.465 e. The van der Waals surface area contributed by atoms with E-state index >= 15 is 0 Å². The van der Waals surface area contributed by atoms with Gasteiger partial charge in [-0.1, -0.05) is 49.2 Å². The largest absolute Gasteiger partial charge is 0.465 e. The Morgan fingerprint density at radius 2 is 1.75 bits per heavy atom. The summed E-state index contributed by atoms with van der Waals surface area (Å²) in [7, 11) is 2.11. The molecule has 0 saturated carbocycles. The third kappa shape index (κ3) is 7.02. The molecular formula is C29H38Cl2N2O3. The predicted molar refractivity (Wildman–Crippen MR) is 148 cm³/mol. The van der Waals surface area contributed by atoms with E-state index in [1.165, 1.54) is 11.1 Å². The number of likely N-dealkylation sites (N-methyl/N-ethyl adjacent to an activating group) is 1. The summed E-state index contributed by atoms with van der Waals surface area (Å²) in [4.78, 5) is 26.7. The molecule has 1 N–H and O–H groups in total. The van der Waals surface area contributed by atoms with Gasteiger partial charge in [0.15, 0.2) is 0 Å². The van der Waals surface area contributed by atoms with Gasteiger partial charge >= 0.3 is 5.97 Å². The highest BCUT2D eigenvalue weighted by Gasteiger charge is 2.38. The fourth-order valence-electron chi connectivity index (χ4n) is 4.93. The Hall–Kier alpha value is -2.08. The number of halogens is 2. The number of Topliss-reactive ketones (excluding diaryl/α,β-unsaturated/α-hetero) is 1. The first-order chi connectivity index (χ1) is 16.8. The van der Waals surface area contributed by atoms with Gasteiger partial charge in [0.05, 0.1) is 12.0 Å². The van der Waals surface area contributed by atoms with Crippen LogP contribution in [0.2, 0.25) is 10.0 Å². The molecule has 0 amide bonds. The van der Waals surface area contributed by atoms with E-state index < -0.39 is 10.8 Å². The van der Waals surface area contributed by atoms with Gasteiger partial charge in [0.2, 0.25) is 0 Å². The molecule has 1 aliphatic heterocycles. The van der Waals surface area contributed by atoms with Crippen molar-refractivity contribution < 1.29 is 14.3 Å². The molecule has 1 heterocycles. The molecule has 0 radical (unpaired) electrons. The first kappa shape index (κ1) is 28.5. The molecule has 1 unspecified atom stereocenters. The minimum atomic E-state index is -0.710. The lowest BCUT2D eigenvalue weighted by Gasteiger charge is -2.33. The molecule has 7 heteroatoms. The molecule has 0 bridgehead atoms. The van der Waals surface area contributed by atoms with Crippen LogP contribution in [0.1, 0.15) is 70.1 Å². The van der Waals surface area contributed by atoms with Crippen molar-refractivity contribution in [2.45, 2.75) is 59.9 Å². The zero-order chi connectivity index (χ0) is 26.7. The summed E-state index contributed by atoms with van der Waals surface area (Å²) in [5.41, 5.74) is 3.31. The Morgan fingerprint density at radius 3 is 2.39 bits per heavy atom. The van der Waals surface area contributed by atoms with Gasteiger partial charge in [-0.05, 0) is 81.6 Å². The van der Waals surface area contributed by atoms with Crippen LogP contribution in [0.3, 0.4) is 0 Å². The maximum absolute atomic E-state index is 12.6. The lowest BCUT2D eigenvalue weighted by atomic mass is 9.73. The van der Waals surface area contributed by atoms with E-state index in [4.69, 9.17) is 27.9 Å². The molecule has 0 spiro atoms. The van der Waals surface area contributed by atoms with Crippen LogP contribution < -0.4 is 5.32 Å². The van der Waals surface area contributed by atoms with Crippen LogP contribution in [0, 0.1) is 10.8 Å². The molecule has 5 nitrogen and oxygen atoms in total. The number of carbonyl (C=O) groups is 2. The van der Waals surface area contributed by atoms with Crippen LogP contribution in [0.25, 0.3) is 0 Å². The quantitative estimate of drug-likeness (QED) is 0.265. The Kier molecular flexibility index (Phi) is 9.13. The summed E-state index contributed by atoms with van der Waals surface area (Å²) >= 11 is 12.8. The van der Waals surface area contributed by atoms with Crippen LogP contribution in [0.4, 0.5) is 5.69 Å². The number of hydrogen-bond acceptors (Lipinski definition) is 5. The third-order valence-electron chi connectivity index (χ3n) is 7.08. The second-order valence-electron chi connectivity index (χ2n) is 11.2. The second kappa shape index (κ2) is 11.5. The van der Waals surface area contributed by atoms with Crippen molar-refractivity contribution in [3.63, 3.8) is 0 Å². The van der Waals surface area contributed by atoms with Gasteiger partial charge in [-0.15, -0.1) is 0 Å². The number of carbonyl (C=O) groups excluding carboxylic acids is 2. The van der Waals surface area contributed by atoms with Crippen LogP contribution in [0.5, 0.6) is 0 Å². The Labute approximate surface area is 225 Å². The lowest BCUT2D eigenvalue weighted by Crippen LogP contribution is -2.35. The van der Waals surface area contributed by atoms with E-state index in [1.54, 1.807) is 6.92 Å². The number of ketones is 1. The smallest absolute Gasteiger partial charge is 0.311 e. The molecule has 0 fully saturated rings. The summed E-state index contributed by atoms with van der Waals surface area (Å²) in [6.45, 7) is 11.7. The fourth-order valence-corrected chi connectivity index (χ4v) is 5.50. The monoisotopic (exact) mass is 532 g/mol. The van der Waals surface area contributed by atoms with Gasteiger partial charge in [0.1, 0.15) is 5.78 Å². The van der Waals surface area contributed by atoms with Gasteiger partial charge in [-0.25, -0.2) is 0 Å². The minimum absolute atomic E-state index is 0.0749. The predicted octanol–water partition coefficient (Wildman–Crippen LogP) is 6.95. The van der Waals surface area contributed by atoms with E-state index in [0.717, 1.165) is 29.4 Å². The first-order valence-corrected chi connectivity index (χ1v) is 13.2. The number of esters is 1. The molecule has 1 aliphatic rings. The third-order valence-corrected chi connectivity index (χ3v) is 7.63. The number of hydrogen-bond donors (Lipinski definition) is 1. The summed E-state index contributed by atoms with van der Waals surface area (Å²) in [6.07, 6.45) is 1.15. The van der Waals surface area contributed by atoms with Crippen molar-refractivity contribution in [1.82, 2.24) is 4.90 Å². The molecule has 2 aromatic rings. The molecule has 2 aromatic carbocycles. The van der Waals surface area contributed by atoms with E-state index in [-0.39, 0.29) is 17.7 Å². The molecule has 0 aliphatic carbocycles. The number of nitrogens with zero attached hydrogens (tertiary/aromatic N) is 1. The molecule has 0 aromatic heterocycles. The summed E-state index contributed by atoms with van der Waals surface area (Å²) in [6, 6.07) is 12.3. The summed E-state index contributed by atoms with van der Waals surface area (Å²) in [5.74, 6) is 0.0183. The van der Waals surface area contributed by atoms with Crippen molar-refractivity contribution in [2.75, 3.05) is 32.1 Å². The molecule has 3 rings (SSSR count). The zero-order valence-corrected chi connectivity index (χ0v) is 23.7. The zero-order valence-electron chi connectivity index (χ0n) is 22.2. The van der Waals surface area contributed by atoms with Gasteiger partial charge in [0.25, 0.3) is 0 Å². The SMILES string of the molecule is CC(=O)C(C)(C)CC(C)(C)C(=O)OCCCNc1ccc(C2CN(C)Cc3c(Cl)cc(Cl)cc32)cc1. The number of anilines is 1. The number of benzene rings is 2. The van der Waals surface area contributed by atoms with E-state index in [1.807, 2.05) is 39.8 Å². The summed E-state index contributed by atoms with van der Waals surface area (Å²) < 4.78 is 5.52. The van der Waals surface area contributed by atoms with E-state index in [0.29, 0.717) is 31.0 Å². The lowest BCUT2D eigenvalue weighted by molar-refractivity contribution is -0.156. The average Bonchev–Trinajstić information content (AvgIpc) is 2.78. The van der Waals surface area contributed by atoms with Gasteiger partial charge in [0, 0.05) is 46.7 Å². The maximum atomic E-state index is 12.6. The normalized spacial score (nSPS) is 16.4. The molecule has 1 atom stereocenters. The highest BCUT2D eigenvalue weighted by atomic mass is 35.5. The van der Waals surface area contributed by atoms with Crippen molar-refractivity contribution in [3.05, 3.63) is 63.1 Å². The first-order valence-electron chi connectivity index (χ1n) is 12.5. The number of ether oxygens (including phenoxy) is 1. The van der Waals surface area contributed by atoms with E-state index in [9.17, 15) is 9.59 Å². The van der Waals surface area contributed by atoms with Gasteiger partial charge in [-0.3, -0.25) is 9.59 Å². The summed E-state index contributed by atoms with van der Waals surface area (Å²) in [5, 5.41) is 4.78. The van der Waals surface area contributed by atoms with Crippen molar-refractivity contribution >= 4 is 40.6 Å². The van der Waals surface area contributed by atoms with Crippen LogP contribution >= 0.6 is 23.2 Å². The number of rotatable bonds is 10. The topological polar surface area (TPSA) is 58.6 Å². The van der Waals surface area contributed by atoms with Gasteiger partial charge in [-0.2, -0.15) is 0 Å². The number of fused-ring (bicyclic) bond motifs is 1. The van der Waals surface area contributed by atoms with Crippen molar-refractivity contribution in [3.8, 4) is 0 Å².